The summed E-state index contributed by atoms with van der Waals surface area (Å²) >= 11 is 0. The lowest BCUT2D eigenvalue weighted by Crippen LogP contribution is -2.08. The van der Waals surface area contributed by atoms with E-state index in [1.54, 1.807) is 6.07 Å². The van der Waals surface area contributed by atoms with Gasteiger partial charge in [0.1, 0.15) is 0 Å². The summed E-state index contributed by atoms with van der Waals surface area (Å²) in [4.78, 5) is 3.27. The molecule has 2 aromatic rings. The maximum atomic E-state index is 11.1. The van der Waals surface area contributed by atoms with Gasteiger partial charge in [0, 0.05) is 5.39 Å². The molecule has 2 N–H and O–H groups in total. The third kappa shape index (κ3) is 2.34. The van der Waals surface area contributed by atoms with Gasteiger partial charge in [-0.15, -0.1) is 0 Å². The number of benzene rings is 1. The fraction of sp³-hybridized carbons (Fsp3) is 0. The molecule has 0 spiro atoms. The van der Waals surface area contributed by atoms with Crippen molar-refractivity contribution in [2.75, 3.05) is 0 Å². The molecular weight excluding hydrogens is 282 g/mol. The average molecular weight is 289 g/mol. The predicted molar refractivity (Wildman–Crippen MR) is 61.4 cm³/mol. The lowest BCUT2D eigenvalue weighted by atomic mass is 10.2. The van der Waals surface area contributed by atoms with E-state index in [-0.39, 0.29) is 10.8 Å². The molecule has 0 amide bonds. The Morgan fingerprint density at radius 1 is 0.944 bits per heavy atom. The molecule has 7 nitrogen and oxygen atoms in total. The summed E-state index contributed by atoms with van der Waals surface area (Å²) in [6.07, 6.45) is 0. The maximum Gasteiger partial charge on any atom is 0.312 e. The molecule has 0 saturated heterocycles. The van der Waals surface area contributed by atoms with E-state index in [0.29, 0.717) is 0 Å². The first-order valence-electron chi connectivity index (χ1n) is 4.54. The molecule has 0 radical (unpaired) electrons. The van der Waals surface area contributed by atoms with Crippen molar-refractivity contribution < 1.29 is 25.9 Å². The van der Waals surface area contributed by atoms with Gasteiger partial charge in [-0.25, -0.2) is 4.98 Å². The number of aromatic nitrogens is 1. The minimum Gasteiger partial charge on any atom is -0.281 e. The Bertz CT molecular complexity index is 825. The molecule has 18 heavy (non-hydrogen) atoms. The van der Waals surface area contributed by atoms with Crippen molar-refractivity contribution >= 4 is 31.0 Å². The van der Waals surface area contributed by atoms with E-state index >= 15 is 0 Å². The highest BCUT2D eigenvalue weighted by Crippen LogP contribution is 2.23. The van der Waals surface area contributed by atoms with Crippen LogP contribution in [0.1, 0.15) is 0 Å². The summed E-state index contributed by atoms with van der Waals surface area (Å²) in [5, 5.41) is -1.37. The van der Waals surface area contributed by atoms with Gasteiger partial charge in [-0.1, -0.05) is 24.3 Å². The molecular formula is C9H7NO6S2. The van der Waals surface area contributed by atoms with Crippen molar-refractivity contribution in [2.24, 2.45) is 0 Å². The third-order valence-corrected chi connectivity index (χ3v) is 3.73. The first kappa shape index (κ1) is 12.9. The van der Waals surface area contributed by atoms with E-state index in [4.69, 9.17) is 9.11 Å². The molecule has 0 aliphatic rings. The first-order chi connectivity index (χ1) is 8.19. The Kier molecular flexibility index (Phi) is 2.86. The molecule has 0 aliphatic carbocycles. The summed E-state index contributed by atoms with van der Waals surface area (Å²) in [6, 6.07) is 6.86. The van der Waals surface area contributed by atoms with Crippen molar-refractivity contribution in [3.05, 3.63) is 30.3 Å². The van der Waals surface area contributed by atoms with Crippen LogP contribution in [0.4, 0.5) is 0 Å². The van der Waals surface area contributed by atoms with Crippen molar-refractivity contribution in [2.45, 2.75) is 10.1 Å². The summed E-state index contributed by atoms with van der Waals surface area (Å²) < 4.78 is 62.1. The van der Waals surface area contributed by atoms with Gasteiger partial charge in [0.05, 0.1) is 0 Å². The summed E-state index contributed by atoms with van der Waals surface area (Å²) in [5.74, 6) is 0. The number of hydrogen-bond donors (Lipinski definition) is 2. The number of rotatable bonds is 2. The first-order valence-corrected chi connectivity index (χ1v) is 7.42. The minimum absolute atomic E-state index is 0.0624. The molecule has 0 aliphatic heterocycles. The third-order valence-electron chi connectivity index (χ3n) is 2.19. The van der Waals surface area contributed by atoms with Gasteiger partial charge in [-0.2, -0.15) is 16.8 Å². The second-order valence-electron chi connectivity index (χ2n) is 3.44. The summed E-state index contributed by atoms with van der Waals surface area (Å²) in [7, 11) is -9.36. The molecule has 9 heteroatoms. The van der Waals surface area contributed by atoms with Crippen LogP contribution < -0.4 is 0 Å². The van der Waals surface area contributed by atoms with Gasteiger partial charge in [0.25, 0.3) is 0 Å². The highest BCUT2D eigenvalue weighted by molar-refractivity contribution is 7.86. The Hall–Kier alpha value is -1.55. The van der Waals surface area contributed by atoms with Crippen molar-refractivity contribution in [3.63, 3.8) is 0 Å². The van der Waals surface area contributed by atoms with Crippen molar-refractivity contribution in [3.8, 4) is 0 Å². The minimum atomic E-state index is -4.70. The molecule has 0 saturated carbocycles. The highest BCUT2D eigenvalue weighted by Gasteiger charge is 2.21. The second-order valence-corrected chi connectivity index (χ2v) is 6.14. The number of nitrogens with zero attached hydrogens (tertiary/aromatic N) is 1. The van der Waals surface area contributed by atoms with Crippen LogP contribution in [0, 0.1) is 0 Å². The van der Waals surface area contributed by atoms with E-state index < -0.39 is 30.3 Å². The van der Waals surface area contributed by atoms with Crippen molar-refractivity contribution in [1.29, 1.82) is 0 Å². The second kappa shape index (κ2) is 3.99. The quantitative estimate of drug-likeness (QED) is 0.781. The largest absolute Gasteiger partial charge is 0.312 e. The SMILES string of the molecule is O=S(=O)(O)c1cc2ccccc2c(S(=O)(=O)O)n1. The lowest BCUT2D eigenvalue weighted by molar-refractivity contribution is 0.473. The lowest BCUT2D eigenvalue weighted by Gasteiger charge is -2.05. The van der Waals surface area contributed by atoms with Gasteiger partial charge >= 0.3 is 20.2 Å². The van der Waals surface area contributed by atoms with Gasteiger partial charge in [-0.05, 0) is 11.5 Å². The monoisotopic (exact) mass is 289 g/mol. The molecule has 0 atom stereocenters. The van der Waals surface area contributed by atoms with Gasteiger partial charge in [-0.3, -0.25) is 9.11 Å². The van der Waals surface area contributed by atoms with Crippen LogP contribution in [0.3, 0.4) is 0 Å². The van der Waals surface area contributed by atoms with Crippen LogP contribution in [-0.2, 0) is 20.2 Å². The topological polar surface area (TPSA) is 122 Å². The smallest absolute Gasteiger partial charge is 0.281 e. The van der Waals surface area contributed by atoms with Gasteiger partial charge in [0.2, 0.25) is 0 Å². The normalized spacial score (nSPS) is 12.8. The zero-order chi connectivity index (χ0) is 13.6. The van der Waals surface area contributed by atoms with Crippen LogP contribution in [0.2, 0.25) is 0 Å². The highest BCUT2D eigenvalue weighted by atomic mass is 32.2. The van der Waals surface area contributed by atoms with Gasteiger partial charge < -0.3 is 0 Å². The molecule has 96 valence electrons. The van der Waals surface area contributed by atoms with E-state index in [9.17, 15) is 16.8 Å². The van der Waals surface area contributed by atoms with Crippen LogP contribution in [0.25, 0.3) is 10.8 Å². The summed E-state index contributed by atoms with van der Waals surface area (Å²) in [6.45, 7) is 0. The molecule has 2 rings (SSSR count). The fourth-order valence-electron chi connectivity index (χ4n) is 1.47. The average Bonchev–Trinajstić information content (AvgIpc) is 2.25. The Morgan fingerprint density at radius 2 is 1.56 bits per heavy atom. The molecule has 1 aromatic heterocycles. The zero-order valence-electron chi connectivity index (χ0n) is 8.68. The maximum absolute atomic E-state index is 11.1. The molecule has 1 aromatic carbocycles. The zero-order valence-corrected chi connectivity index (χ0v) is 10.3. The molecule has 1 heterocycles. The number of fused-ring (bicyclic) bond motifs is 1. The van der Waals surface area contributed by atoms with Crippen LogP contribution in [-0.4, -0.2) is 30.9 Å². The molecule has 0 fully saturated rings. The molecule has 0 unspecified atom stereocenters. The number of pyridine rings is 1. The van der Waals surface area contributed by atoms with Crippen molar-refractivity contribution in [1.82, 2.24) is 4.98 Å². The van der Waals surface area contributed by atoms with Gasteiger partial charge in [0.15, 0.2) is 10.1 Å². The number of hydrogen-bond acceptors (Lipinski definition) is 5. The van der Waals surface area contributed by atoms with E-state index in [0.717, 1.165) is 6.07 Å². The Balaban J connectivity index is 3.00. The van der Waals surface area contributed by atoms with E-state index in [1.165, 1.54) is 18.2 Å². The van der Waals surface area contributed by atoms with E-state index in [2.05, 4.69) is 4.98 Å². The summed E-state index contributed by atoms with van der Waals surface area (Å²) in [5.41, 5.74) is 0. The van der Waals surface area contributed by atoms with Crippen LogP contribution in [0.5, 0.6) is 0 Å². The van der Waals surface area contributed by atoms with Crippen LogP contribution in [0.15, 0.2) is 40.4 Å². The van der Waals surface area contributed by atoms with Crippen LogP contribution >= 0.6 is 0 Å². The fourth-order valence-corrected chi connectivity index (χ4v) is 2.69. The standard InChI is InChI=1S/C9H7NO6S2/c11-17(12,13)8-5-6-3-1-2-4-7(6)9(10-8)18(14,15)16/h1-5H,(H,11,12,13)(H,14,15,16). The van der Waals surface area contributed by atoms with E-state index in [1.807, 2.05) is 0 Å². The Morgan fingerprint density at radius 3 is 2.11 bits per heavy atom. The Labute approximate surface area is 103 Å². The molecule has 0 bridgehead atoms. The predicted octanol–water partition coefficient (Wildman–Crippen LogP) is 0.728.